The van der Waals surface area contributed by atoms with Gasteiger partial charge in [0.25, 0.3) is 0 Å². The van der Waals surface area contributed by atoms with Gasteiger partial charge in [0.15, 0.2) is 6.29 Å². The SMILES string of the molecule is CC(=O)OC[C@H]1O[C@@H](OCCOCCOCCN)[C@H](C)[C@@H](C)[C@H]1C. The van der Waals surface area contributed by atoms with Gasteiger partial charge in [-0.25, -0.2) is 0 Å². The van der Waals surface area contributed by atoms with E-state index in [1.54, 1.807) is 0 Å². The molecule has 0 amide bonds. The standard InChI is InChI=1S/C17H33NO6/c1-12-13(2)16(11-23-15(4)19)24-17(14(12)3)22-10-9-21-8-7-20-6-5-18/h12-14,16-17H,5-11,18H2,1-4H3/t12-,13+,14+,16+,17+/m0/s1. The van der Waals surface area contributed by atoms with E-state index in [0.29, 0.717) is 51.4 Å². The van der Waals surface area contributed by atoms with Crippen LogP contribution in [0.3, 0.4) is 0 Å². The maximum atomic E-state index is 11.0. The largest absolute Gasteiger partial charge is 0.463 e. The van der Waals surface area contributed by atoms with Crippen molar-refractivity contribution in [1.29, 1.82) is 0 Å². The number of hydrogen-bond acceptors (Lipinski definition) is 7. The molecule has 0 aromatic rings. The van der Waals surface area contributed by atoms with Gasteiger partial charge in [-0.15, -0.1) is 0 Å². The van der Waals surface area contributed by atoms with E-state index in [0.717, 1.165) is 0 Å². The first-order valence-corrected chi connectivity index (χ1v) is 8.73. The number of ether oxygens (including phenoxy) is 5. The monoisotopic (exact) mass is 347 g/mol. The zero-order valence-corrected chi connectivity index (χ0v) is 15.4. The second-order valence-electron chi connectivity index (χ2n) is 6.31. The summed E-state index contributed by atoms with van der Waals surface area (Å²) in [5, 5.41) is 0. The van der Waals surface area contributed by atoms with E-state index in [9.17, 15) is 4.79 Å². The first-order chi connectivity index (χ1) is 11.5. The fraction of sp³-hybridized carbons (Fsp3) is 0.941. The first kappa shape index (κ1) is 21.3. The van der Waals surface area contributed by atoms with Gasteiger partial charge < -0.3 is 29.4 Å². The molecule has 0 unspecified atom stereocenters. The number of carbonyl (C=O) groups is 1. The molecule has 1 aliphatic heterocycles. The molecule has 0 aromatic carbocycles. The van der Waals surface area contributed by atoms with Crippen LogP contribution in [0.25, 0.3) is 0 Å². The van der Waals surface area contributed by atoms with Gasteiger partial charge in [0.2, 0.25) is 0 Å². The van der Waals surface area contributed by atoms with Crippen LogP contribution in [0, 0.1) is 17.8 Å². The van der Waals surface area contributed by atoms with Crippen molar-refractivity contribution in [2.75, 3.05) is 46.2 Å². The van der Waals surface area contributed by atoms with E-state index in [1.165, 1.54) is 6.92 Å². The predicted molar refractivity (Wildman–Crippen MR) is 89.4 cm³/mol. The number of nitrogens with two attached hydrogens (primary N) is 1. The van der Waals surface area contributed by atoms with E-state index >= 15 is 0 Å². The fourth-order valence-electron chi connectivity index (χ4n) is 2.70. The van der Waals surface area contributed by atoms with Crippen LogP contribution in [0.5, 0.6) is 0 Å². The van der Waals surface area contributed by atoms with Gasteiger partial charge >= 0.3 is 5.97 Å². The molecule has 1 saturated heterocycles. The molecular formula is C17H33NO6. The van der Waals surface area contributed by atoms with E-state index in [-0.39, 0.29) is 30.9 Å². The summed E-state index contributed by atoms with van der Waals surface area (Å²) in [7, 11) is 0. The smallest absolute Gasteiger partial charge is 0.302 e. The second kappa shape index (κ2) is 11.8. The maximum absolute atomic E-state index is 11.0. The third-order valence-electron chi connectivity index (χ3n) is 4.58. The average Bonchev–Trinajstić information content (AvgIpc) is 2.55. The van der Waals surface area contributed by atoms with Crippen LogP contribution in [0.15, 0.2) is 0 Å². The first-order valence-electron chi connectivity index (χ1n) is 8.73. The van der Waals surface area contributed by atoms with Crippen molar-refractivity contribution < 1.29 is 28.5 Å². The van der Waals surface area contributed by atoms with Crippen molar-refractivity contribution in [2.45, 2.75) is 40.1 Å². The highest BCUT2D eigenvalue weighted by Crippen LogP contribution is 2.35. The van der Waals surface area contributed by atoms with Gasteiger partial charge in [0.05, 0.1) is 39.1 Å². The van der Waals surface area contributed by atoms with E-state index < -0.39 is 0 Å². The Labute approximate surface area is 145 Å². The van der Waals surface area contributed by atoms with Crippen molar-refractivity contribution >= 4 is 5.97 Å². The van der Waals surface area contributed by atoms with E-state index in [1.807, 2.05) is 0 Å². The van der Waals surface area contributed by atoms with Crippen LogP contribution in [-0.4, -0.2) is 64.5 Å². The highest BCUT2D eigenvalue weighted by Gasteiger charge is 2.40. The molecule has 0 aliphatic carbocycles. The summed E-state index contributed by atoms with van der Waals surface area (Å²) in [5.74, 6) is 0.686. The average molecular weight is 347 g/mol. The molecular weight excluding hydrogens is 314 g/mol. The van der Waals surface area contributed by atoms with Gasteiger partial charge in [0, 0.05) is 19.4 Å². The predicted octanol–water partition coefficient (Wildman–Crippen LogP) is 1.19. The van der Waals surface area contributed by atoms with Crippen LogP contribution in [-0.2, 0) is 28.5 Å². The lowest BCUT2D eigenvalue weighted by molar-refractivity contribution is -0.258. The Morgan fingerprint density at radius 1 is 0.958 bits per heavy atom. The molecule has 0 spiro atoms. The summed E-state index contributed by atoms with van der Waals surface area (Å²) in [6, 6.07) is 0. The maximum Gasteiger partial charge on any atom is 0.302 e. The third kappa shape index (κ3) is 7.44. The Hall–Kier alpha value is -0.730. The van der Waals surface area contributed by atoms with Gasteiger partial charge in [-0.05, 0) is 11.8 Å². The van der Waals surface area contributed by atoms with E-state index in [2.05, 4.69) is 20.8 Å². The Balaban J connectivity index is 2.28. The Bertz CT molecular complexity index is 354. The van der Waals surface area contributed by atoms with Crippen molar-refractivity contribution in [3.8, 4) is 0 Å². The fourth-order valence-corrected chi connectivity index (χ4v) is 2.70. The number of esters is 1. The van der Waals surface area contributed by atoms with Gasteiger partial charge in [-0.1, -0.05) is 20.8 Å². The van der Waals surface area contributed by atoms with Gasteiger partial charge in [-0.2, -0.15) is 0 Å². The Morgan fingerprint density at radius 2 is 1.58 bits per heavy atom. The molecule has 0 saturated carbocycles. The molecule has 7 heteroatoms. The number of rotatable bonds is 11. The summed E-state index contributed by atoms with van der Waals surface area (Å²) in [6.07, 6.45) is -0.454. The van der Waals surface area contributed by atoms with E-state index in [4.69, 9.17) is 29.4 Å². The summed E-state index contributed by atoms with van der Waals surface area (Å²) in [6.45, 7) is 11.2. The molecule has 7 nitrogen and oxygen atoms in total. The quantitative estimate of drug-likeness (QED) is 0.443. The zero-order valence-electron chi connectivity index (χ0n) is 15.4. The molecule has 24 heavy (non-hydrogen) atoms. The van der Waals surface area contributed by atoms with Crippen LogP contribution < -0.4 is 5.73 Å². The summed E-state index contributed by atoms with van der Waals surface area (Å²) < 4.78 is 27.6. The molecule has 1 fully saturated rings. The second-order valence-corrected chi connectivity index (χ2v) is 6.31. The molecule has 0 radical (unpaired) electrons. The van der Waals surface area contributed by atoms with Crippen LogP contribution in [0.4, 0.5) is 0 Å². The molecule has 1 heterocycles. The molecule has 2 N–H and O–H groups in total. The van der Waals surface area contributed by atoms with Crippen molar-refractivity contribution in [3.05, 3.63) is 0 Å². The van der Waals surface area contributed by atoms with Gasteiger partial charge in [-0.3, -0.25) is 4.79 Å². The lowest BCUT2D eigenvalue weighted by atomic mass is 9.79. The van der Waals surface area contributed by atoms with Crippen LogP contribution in [0.1, 0.15) is 27.7 Å². The van der Waals surface area contributed by atoms with Crippen molar-refractivity contribution in [1.82, 2.24) is 0 Å². The topological polar surface area (TPSA) is 89.2 Å². The minimum atomic E-state index is -0.311. The normalized spacial score (nSPS) is 30.3. The van der Waals surface area contributed by atoms with Crippen molar-refractivity contribution in [2.24, 2.45) is 23.5 Å². The number of carbonyl (C=O) groups excluding carboxylic acids is 1. The lowest BCUT2D eigenvalue weighted by Gasteiger charge is -2.43. The number of hydrogen-bond donors (Lipinski definition) is 1. The summed E-state index contributed by atoms with van der Waals surface area (Å²) in [5.41, 5.74) is 5.33. The summed E-state index contributed by atoms with van der Waals surface area (Å²) >= 11 is 0. The Kier molecular flexibility index (Phi) is 10.4. The highest BCUT2D eigenvalue weighted by atomic mass is 16.7. The molecule has 0 bridgehead atoms. The minimum Gasteiger partial charge on any atom is -0.463 e. The third-order valence-corrected chi connectivity index (χ3v) is 4.58. The molecule has 0 aromatic heterocycles. The zero-order chi connectivity index (χ0) is 17.9. The summed E-state index contributed by atoms with van der Waals surface area (Å²) in [4.78, 5) is 11.0. The highest BCUT2D eigenvalue weighted by molar-refractivity contribution is 5.65. The van der Waals surface area contributed by atoms with Crippen molar-refractivity contribution in [3.63, 3.8) is 0 Å². The van der Waals surface area contributed by atoms with Crippen LogP contribution >= 0.6 is 0 Å². The van der Waals surface area contributed by atoms with Gasteiger partial charge in [0.1, 0.15) is 6.61 Å². The molecule has 1 rings (SSSR count). The molecule has 5 atom stereocenters. The minimum absolute atomic E-state index is 0.143. The Morgan fingerprint density at radius 3 is 2.21 bits per heavy atom. The lowest BCUT2D eigenvalue weighted by Crippen LogP contribution is -2.48. The molecule has 1 aliphatic rings. The molecule has 142 valence electrons. The van der Waals surface area contributed by atoms with Crippen LogP contribution in [0.2, 0.25) is 0 Å².